The van der Waals surface area contributed by atoms with E-state index in [-0.39, 0.29) is 23.8 Å². The Labute approximate surface area is 123 Å². The van der Waals surface area contributed by atoms with E-state index < -0.39 is 0 Å². The molecule has 1 saturated carbocycles. The summed E-state index contributed by atoms with van der Waals surface area (Å²) in [4.78, 5) is 12.4. The number of hydrogen-bond donors (Lipinski definition) is 2. The predicted octanol–water partition coefficient (Wildman–Crippen LogP) is 2.84. The monoisotopic (exact) mass is 285 g/mol. The van der Waals surface area contributed by atoms with Crippen LogP contribution < -0.4 is 5.32 Å². The molecule has 0 aliphatic heterocycles. The number of aromatic hydroxyl groups is 1. The van der Waals surface area contributed by atoms with Gasteiger partial charge in [-0.15, -0.1) is 0 Å². The van der Waals surface area contributed by atoms with Crippen LogP contribution in [0, 0.1) is 0 Å². The van der Waals surface area contributed by atoms with Crippen molar-refractivity contribution in [2.45, 2.75) is 31.4 Å². The molecule has 2 N–H and O–H groups in total. The number of amides is 1. The number of rotatable bonds is 3. The van der Waals surface area contributed by atoms with E-state index in [0.29, 0.717) is 5.56 Å². The molecule has 4 nitrogen and oxygen atoms in total. The largest absolute Gasteiger partial charge is 0.507 e. The van der Waals surface area contributed by atoms with E-state index in [9.17, 15) is 9.90 Å². The highest BCUT2D eigenvalue weighted by molar-refractivity contribution is 6.01. The molecule has 1 amide bonds. The molecule has 0 aromatic heterocycles. The summed E-state index contributed by atoms with van der Waals surface area (Å²) in [5.74, 6) is -0.231. The van der Waals surface area contributed by atoms with Crippen molar-refractivity contribution in [3.63, 3.8) is 0 Å². The molecule has 2 aromatic carbocycles. The van der Waals surface area contributed by atoms with Crippen LogP contribution in [0.3, 0.4) is 0 Å². The molecular formula is C17H19NO3. The van der Waals surface area contributed by atoms with Crippen LogP contribution in [-0.2, 0) is 4.74 Å². The Morgan fingerprint density at radius 1 is 1.24 bits per heavy atom. The minimum Gasteiger partial charge on any atom is -0.507 e. The Kier molecular flexibility index (Phi) is 3.80. The van der Waals surface area contributed by atoms with Crippen LogP contribution in [0.1, 0.15) is 29.6 Å². The summed E-state index contributed by atoms with van der Waals surface area (Å²) in [6.45, 7) is 0. The number of phenolic OH excluding ortho intramolecular Hbond substituents is 1. The van der Waals surface area contributed by atoms with E-state index in [1.165, 1.54) is 0 Å². The Balaban J connectivity index is 1.85. The third kappa shape index (κ3) is 2.72. The van der Waals surface area contributed by atoms with Gasteiger partial charge >= 0.3 is 0 Å². The van der Waals surface area contributed by atoms with Crippen LogP contribution in [0.2, 0.25) is 0 Å². The summed E-state index contributed by atoms with van der Waals surface area (Å²) in [6.07, 6.45) is 2.99. The number of carbonyl (C=O) groups is 1. The van der Waals surface area contributed by atoms with E-state index in [4.69, 9.17) is 4.74 Å². The standard InChI is InChI=1S/C17H19NO3/c1-21-16-8-4-7-14(16)18-17(20)13-9-11-5-2-3-6-12(11)10-15(13)19/h2-3,5-6,9-10,14,16,19H,4,7-8H2,1H3,(H,18,20). The van der Waals surface area contributed by atoms with Gasteiger partial charge < -0.3 is 15.2 Å². The van der Waals surface area contributed by atoms with Crippen molar-refractivity contribution in [3.05, 3.63) is 42.0 Å². The molecule has 4 heteroatoms. The second kappa shape index (κ2) is 5.74. The van der Waals surface area contributed by atoms with Crippen LogP contribution in [0.15, 0.2) is 36.4 Å². The van der Waals surface area contributed by atoms with E-state index in [2.05, 4.69) is 5.32 Å². The molecule has 0 bridgehead atoms. The van der Waals surface area contributed by atoms with E-state index in [0.717, 1.165) is 30.0 Å². The first-order chi connectivity index (χ1) is 10.2. The first kappa shape index (κ1) is 13.9. The zero-order valence-electron chi connectivity index (χ0n) is 12.0. The topological polar surface area (TPSA) is 58.6 Å². The zero-order valence-corrected chi connectivity index (χ0v) is 12.0. The van der Waals surface area contributed by atoms with Crippen molar-refractivity contribution in [1.29, 1.82) is 0 Å². The van der Waals surface area contributed by atoms with Gasteiger partial charge in [0, 0.05) is 7.11 Å². The van der Waals surface area contributed by atoms with Gasteiger partial charge in [-0.05, 0) is 42.2 Å². The van der Waals surface area contributed by atoms with E-state index in [1.807, 2.05) is 24.3 Å². The number of methoxy groups -OCH3 is 1. The van der Waals surface area contributed by atoms with Crippen molar-refractivity contribution in [3.8, 4) is 5.75 Å². The van der Waals surface area contributed by atoms with Crippen molar-refractivity contribution < 1.29 is 14.6 Å². The zero-order chi connectivity index (χ0) is 14.8. The molecule has 2 unspecified atom stereocenters. The summed E-state index contributed by atoms with van der Waals surface area (Å²) in [7, 11) is 1.67. The lowest BCUT2D eigenvalue weighted by Crippen LogP contribution is -2.40. The Hall–Kier alpha value is -2.07. The number of carbonyl (C=O) groups excluding carboxylic acids is 1. The van der Waals surface area contributed by atoms with Crippen LogP contribution in [0.25, 0.3) is 10.8 Å². The van der Waals surface area contributed by atoms with Gasteiger partial charge in [-0.2, -0.15) is 0 Å². The first-order valence-electron chi connectivity index (χ1n) is 7.24. The molecule has 110 valence electrons. The molecule has 0 heterocycles. The Morgan fingerprint density at radius 3 is 2.67 bits per heavy atom. The van der Waals surface area contributed by atoms with Gasteiger partial charge in [0.15, 0.2) is 0 Å². The van der Waals surface area contributed by atoms with Crippen molar-refractivity contribution >= 4 is 16.7 Å². The van der Waals surface area contributed by atoms with Crippen LogP contribution in [0.5, 0.6) is 5.75 Å². The molecule has 21 heavy (non-hydrogen) atoms. The number of benzene rings is 2. The Bertz CT molecular complexity index is 668. The van der Waals surface area contributed by atoms with E-state index in [1.54, 1.807) is 19.2 Å². The maximum absolute atomic E-state index is 12.4. The number of phenols is 1. The summed E-state index contributed by atoms with van der Waals surface area (Å²) in [6, 6.07) is 11.0. The van der Waals surface area contributed by atoms with Crippen molar-refractivity contribution in [2.24, 2.45) is 0 Å². The fraction of sp³-hybridized carbons (Fsp3) is 0.353. The average Bonchev–Trinajstić information content (AvgIpc) is 2.93. The minimum absolute atomic E-state index is 0.0122. The van der Waals surface area contributed by atoms with Crippen LogP contribution in [0.4, 0.5) is 0 Å². The fourth-order valence-electron chi connectivity index (χ4n) is 3.03. The van der Waals surface area contributed by atoms with E-state index >= 15 is 0 Å². The molecule has 1 aliphatic carbocycles. The molecule has 3 rings (SSSR count). The highest BCUT2D eigenvalue weighted by atomic mass is 16.5. The number of nitrogens with one attached hydrogen (secondary N) is 1. The molecular weight excluding hydrogens is 266 g/mol. The van der Waals surface area contributed by atoms with Gasteiger partial charge in [0.1, 0.15) is 5.75 Å². The molecule has 1 fully saturated rings. The van der Waals surface area contributed by atoms with Crippen LogP contribution >= 0.6 is 0 Å². The molecule has 0 spiro atoms. The highest BCUT2D eigenvalue weighted by Gasteiger charge is 2.29. The second-order valence-corrected chi connectivity index (χ2v) is 5.50. The second-order valence-electron chi connectivity index (χ2n) is 5.50. The lowest BCUT2D eigenvalue weighted by Gasteiger charge is -2.20. The first-order valence-corrected chi connectivity index (χ1v) is 7.24. The molecule has 0 radical (unpaired) electrons. The smallest absolute Gasteiger partial charge is 0.255 e. The van der Waals surface area contributed by atoms with Gasteiger partial charge in [0.2, 0.25) is 0 Å². The number of fused-ring (bicyclic) bond motifs is 1. The van der Waals surface area contributed by atoms with Gasteiger partial charge in [0.25, 0.3) is 5.91 Å². The fourth-order valence-corrected chi connectivity index (χ4v) is 3.03. The summed E-state index contributed by atoms with van der Waals surface area (Å²) < 4.78 is 5.38. The third-order valence-corrected chi connectivity index (χ3v) is 4.18. The average molecular weight is 285 g/mol. The SMILES string of the molecule is COC1CCCC1NC(=O)c1cc2ccccc2cc1O. The lowest BCUT2D eigenvalue weighted by molar-refractivity contribution is 0.0721. The number of ether oxygens (including phenoxy) is 1. The number of hydrogen-bond acceptors (Lipinski definition) is 3. The quantitative estimate of drug-likeness (QED) is 0.911. The Morgan fingerprint density at radius 2 is 1.95 bits per heavy atom. The maximum atomic E-state index is 12.4. The minimum atomic E-state index is -0.243. The molecule has 1 aliphatic rings. The lowest BCUT2D eigenvalue weighted by atomic mass is 10.0. The summed E-state index contributed by atoms with van der Waals surface area (Å²) in [5, 5.41) is 14.9. The predicted molar refractivity (Wildman–Crippen MR) is 81.5 cm³/mol. The van der Waals surface area contributed by atoms with Crippen molar-refractivity contribution in [2.75, 3.05) is 7.11 Å². The van der Waals surface area contributed by atoms with Gasteiger partial charge in [-0.25, -0.2) is 0 Å². The molecule has 2 atom stereocenters. The van der Waals surface area contributed by atoms with Gasteiger partial charge in [-0.3, -0.25) is 4.79 Å². The maximum Gasteiger partial charge on any atom is 0.255 e. The molecule has 0 saturated heterocycles. The van der Waals surface area contributed by atoms with Gasteiger partial charge in [0.05, 0.1) is 17.7 Å². The highest BCUT2D eigenvalue weighted by Crippen LogP contribution is 2.26. The normalized spacial score (nSPS) is 21.6. The summed E-state index contributed by atoms with van der Waals surface area (Å²) in [5.41, 5.74) is 0.315. The summed E-state index contributed by atoms with van der Waals surface area (Å²) >= 11 is 0. The van der Waals surface area contributed by atoms with Crippen molar-refractivity contribution in [1.82, 2.24) is 5.32 Å². The third-order valence-electron chi connectivity index (χ3n) is 4.18. The van der Waals surface area contributed by atoms with Gasteiger partial charge in [-0.1, -0.05) is 24.3 Å². The van der Waals surface area contributed by atoms with Crippen LogP contribution in [-0.4, -0.2) is 30.3 Å². The molecule has 2 aromatic rings.